The van der Waals surface area contributed by atoms with Gasteiger partial charge in [0, 0.05) is 31.4 Å². The SMILES string of the molecule is CN(C(=O)N1CCCC1)c1ccc(C(N)=NO)cc1. The molecule has 6 nitrogen and oxygen atoms in total. The maximum Gasteiger partial charge on any atom is 0.324 e. The summed E-state index contributed by atoms with van der Waals surface area (Å²) in [7, 11) is 1.75. The average molecular weight is 262 g/mol. The van der Waals surface area contributed by atoms with Crippen LogP contribution in [0.15, 0.2) is 29.4 Å². The van der Waals surface area contributed by atoms with Crippen molar-refractivity contribution in [3.05, 3.63) is 29.8 Å². The molecule has 0 atom stereocenters. The number of carbonyl (C=O) groups excluding carboxylic acids is 1. The van der Waals surface area contributed by atoms with Crippen LogP contribution in [0.25, 0.3) is 0 Å². The van der Waals surface area contributed by atoms with Gasteiger partial charge >= 0.3 is 6.03 Å². The fraction of sp³-hybridized carbons (Fsp3) is 0.385. The number of hydrogen-bond acceptors (Lipinski definition) is 3. The highest BCUT2D eigenvalue weighted by Crippen LogP contribution is 2.17. The summed E-state index contributed by atoms with van der Waals surface area (Å²) in [6.45, 7) is 1.65. The third-order valence-electron chi connectivity index (χ3n) is 3.32. The zero-order chi connectivity index (χ0) is 13.8. The van der Waals surface area contributed by atoms with Crippen LogP contribution in [0.1, 0.15) is 18.4 Å². The van der Waals surface area contributed by atoms with Crippen LogP contribution < -0.4 is 10.6 Å². The number of likely N-dealkylation sites (tertiary alicyclic amines) is 1. The maximum absolute atomic E-state index is 12.2. The van der Waals surface area contributed by atoms with Crippen molar-refractivity contribution in [3.8, 4) is 0 Å². The van der Waals surface area contributed by atoms with Gasteiger partial charge < -0.3 is 15.8 Å². The molecule has 102 valence electrons. The largest absolute Gasteiger partial charge is 0.409 e. The van der Waals surface area contributed by atoms with Crippen LogP contribution in [0.4, 0.5) is 10.5 Å². The van der Waals surface area contributed by atoms with Crippen molar-refractivity contribution in [2.75, 3.05) is 25.0 Å². The number of urea groups is 1. The van der Waals surface area contributed by atoms with Gasteiger partial charge in [-0.05, 0) is 37.1 Å². The van der Waals surface area contributed by atoms with Gasteiger partial charge in [-0.1, -0.05) is 5.16 Å². The number of oxime groups is 1. The van der Waals surface area contributed by atoms with E-state index in [4.69, 9.17) is 10.9 Å². The number of amides is 2. The molecule has 0 aliphatic carbocycles. The Hall–Kier alpha value is -2.24. The Labute approximate surface area is 112 Å². The van der Waals surface area contributed by atoms with Gasteiger partial charge in [0.05, 0.1) is 0 Å². The Morgan fingerprint density at radius 3 is 2.42 bits per heavy atom. The lowest BCUT2D eigenvalue weighted by molar-refractivity contribution is 0.217. The molecule has 1 saturated heterocycles. The smallest absolute Gasteiger partial charge is 0.324 e. The van der Waals surface area contributed by atoms with E-state index in [1.165, 1.54) is 0 Å². The summed E-state index contributed by atoms with van der Waals surface area (Å²) >= 11 is 0. The summed E-state index contributed by atoms with van der Waals surface area (Å²) in [6.07, 6.45) is 2.14. The zero-order valence-electron chi connectivity index (χ0n) is 10.9. The molecule has 3 N–H and O–H groups in total. The van der Waals surface area contributed by atoms with E-state index >= 15 is 0 Å². The highest BCUT2D eigenvalue weighted by atomic mass is 16.4. The summed E-state index contributed by atoms with van der Waals surface area (Å²) in [5.74, 6) is 0.0556. The molecule has 0 saturated carbocycles. The van der Waals surface area contributed by atoms with Crippen LogP contribution in [0, 0.1) is 0 Å². The molecule has 0 unspecified atom stereocenters. The number of hydrogen-bond donors (Lipinski definition) is 2. The van der Waals surface area contributed by atoms with Gasteiger partial charge in [-0.15, -0.1) is 0 Å². The molecule has 1 aromatic carbocycles. The first kappa shape index (κ1) is 13.2. The Bertz CT molecular complexity index is 478. The first-order valence-corrected chi connectivity index (χ1v) is 6.24. The van der Waals surface area contributed by atoms with E-state index in [-0.39, 0.29) is 11.9 Å². The molecule has 2 rings (SSSR count). The summed E-state index contributed by atoms with van der Waals surface area (Å²) in [5, 5.41) is 11.5. The average Bonchev–Trinajstić information content (AvgIpc) is 2.99. The molecule has 1 heterocycles. The highest BCUT2D eigenvalue weighted by molar-refractivity contribution is 5.98. The van der Waals surface area contributed by atoms with E-state index in [9.17, 15) is 4.79 Å². The van der Waals surface area contributed by atoms with E-state index in [0.29, 0.717) is 5.56 Å². The molecule has 2 amide bonds. The van der Waals surface area contributed by atoms with Crippen LogP contribution in [-0.4, -0.2) is 42.1 Å². The Morgan fingerprint density at radius 1 is 1.32 bits per heavy atom. The summed E-state index contributed by atoms with van der Waals surface area (Å²) in [6, 6.07) is 7.01. The van der Waals surface area contributed by atoms with Crippen LogP contribution >= 0.6 is 0 Å². The molecule has 0 aromatic heterocycles. The third kappa shape index (κ3) is 2.78. The molecule has 1 aliphatic heterocycles. The van der Waals surface area contributed by atoms with Crippen molar-refractivity contribution in [2.45, 2.75) is 12.8 Å². The first-order chi connectivity index (χ1) is 9.13. The number of amidine groups is 1. The normalized spacial score (nSPS) is 15.6. The fourth-order valence-corrected chi connectivity index (χ4v) is 2.14. The van der Waals surface area contributed by atoms with Crippen molar-refractivity contribution in [1.82, 2.24) is 4.90 Å². The van der Waals surface area contributed by atoms with Crippen molar-refractivity contribution in [3.63, 3.8) is 0 Å². The van der Waals surface area contributed by atoms with Gasteiger partial charge in [-0.25, -0.2) is 4.79 Å². The number of nitrogens with zero attached hydrogens (tertiary/aromatic N) is 3. The first-order valence-electron chi connectivity index (χ1n) is 6.24. The van der Waals surface area contributed by atoms with Crippen molar-refractivity contribution < 1.29 is 10.0 Å². The lowest BCUT2D eigenvalue weighted by Gasteiger charge is -2.24. The second-order valence-electron chi connectivity index (χ2n) is 4.57. The van der Waals surface area contributed by atoms with Crippen LogP contribution in [-0.2, 0) is 0 Å². The maximum atomic E-state index is 12.2. The Balaban J connectivity index is 2.10. The molecular formula is C13H18N4O2. The number of benzene rings is 1. The summed E-state index contributed by atoms with van der Waals surface area (Å²) < 4.78 is 0. The number of anilines is 1. The van der Waals surface area contributed by atoms with Gasteiger partial charge in [0.2, 0.25) is 0 Å². The van der Waals surface area contributed by atoms with Crippen LogP contribution in [0.3, 0.4) is 0 Å². The van der Waals surface area contributed by atoms with Gasteiger partial charge in [-0.2, -0.15) is 0 Å². The van der Waals surface area contributed by atoms with Crippen LogP contribution in [0.5, 0.6) is 0 Å². The molecule has 0 spiro atoms. The number of carbonyl (C=O) groups is 1. The molecular weight excluding hydrogens is 244 g/mol. The second-order valence-corrected chi connectivity index (χ2v) is 4.57. The lowest BCUT2D eigenvalue weighted by atomic mass is 10.2. The van der Waals surface area contributed by atoms with Crippen molar-refractivity contribution in [1.29, 1.82) is 0 Å². The highest BCUT2D eigenvalue weighted by Gasteiger charge is 2.22. The third-order valence-corrected chi connectivity index (χ3v) is 3.32. The molecule has 1 fully saturated rings. The molecule has 1 aromatic rings. The van der Waals surface area contributed by atoms with E-state index in [2.05, 4.69) is 5.16 Å². The molecule has 0 bridgehead atoms. The summed E-state index contributed by atoms with van der Waals surface area (Å²) in [4.78, 5) is 15.6. The fourth-order valence-electron chi connectivity index (χ4n) is 2.14. The van der Waals surface area contributed by atoms with Gasteiger partial charge in [0.1, 0.15) is 0 Å². The minimum atomic E-state index is 0.00838. The van der Waals surface area contributed by atoms with E-state index in [1.54, 1.807) is 36.2 Å². The van der Waals surface area contributed by atoms with Crippen molar-refractivity contribution >= 4 is 17.6 Å². The van der Waals surface area contributed by atoms with Crippen molar-refractivity contribution in [2.24, 2.45) is 10.9 Å². The second kappa shape index (κ2) is 5.60. The van der Waals surface area contributed by atoms with Gasteiger partial charge in [0.15, 0.2) is 5.84 Å². The molecule has 1 aliphatic rings. The predicted molar refractivity (Wildman–Crippen MR) is 73.6 cm³/mol. The molecule has 19 heavy (non-hydrogen) atoms. The lowest BCUT2D eigenvalue weighted by Crippen LogP contribution is -2.39. The molecule has 6 heteroatoms. The monoisotopic (exact) mass is 262 g/mol. The topological polar surface area (TPSA) is 82.2 Å². The quantitative estimate of drug-likeness (QED) is 0.366. The standard InChI is InChI=1S/C13H18N4O2/c1-16(13(18)17-8-2-3-9-17)11-6-4-10(5-7-11)12(14)15-19/h4-7,19H,2-3,8-9H2,1H3,(H2,14,15). The van der Waals surface area contributed by atoms with Gasteiger partial charge in [-0.3, -0.25) is 4.90 Å². The minimum Gasteiger partial charge on any atom is -0.409 e. The van der Waals surface area contributed by atoms with E-state index in [0.717, 1.165) is 31.6 Å². The Morgan fingerprint density at radius 2 is 1.89 bits per heavy atom. The van der Waals surface area contributed by atoms with Gasteiger partial charge in [0.25, 0.3) is 0 Å². The Kier molecular flexibility index (Phi) is 3.89. The van der Waals surface area contributed by atoms with Crippen LogP contribution in [0.2, 0.25) is 0 Å². The zero-order valence-corrected chi connectivity index (χ0v) is 10.9. The summed E-state index contributed by atoms with van der Waals surface area (Å²) in [5.41, 5.74) is 6.89. The minimum absolute atomic E-state index is 0.00838. The number of nitrogens with two attached hydrogens (primary N) is 1. The van der Waals surface area contributed by atoms with E-state index < -0.39 is 0 Å². The number of rotatable bonds is 2. The molecule has 0 radical (unpaired) electrons. The van der Waals surface area contributed by atoms with E-state index in [1.807, 2.05) is 4.90 Å². The predicted octanol–water partition coefficient (Wildman–Crippen LogP) is 1.43.